The van der Waals surface area contributed by atoms with Crippen LogP contribution in [0.3, 0.4) is 0 Å². The zero-order valence-electron chi connectivity index (χ0n) is 10.3. The summed E-state index contributed by atoms with van der Waals surface area (Å²) in [4.78, 5) is 17.0. The molecule has 0 saturated heterocycles. The third kappa shape index (κ3) is 2.74. The number of imidazole rings is 1. The molecule has 0 aliphatic rings. The van der Waals surface area contributed by atoms with E-state index in [9.17, 15) is 4.79 Å². The number of thiazole rings is 1. The zero-order chi connectivity index (χ0) is 13.9. The van der Waals surface area contributed by atoms with Gasteiger partial charge < -0.3 is 5.32 Å². The fraction of sp³-hybridized carbons (Fsp3) is 0. The molecule has 0 aliphatic heterocycles. The number of amides is 1. The van der Waals surface area contributed by atoms with Crippen molar-refractivity contribution < 1.29 is 4.79 Å². The standard InChI is InChI=1S/C14H10ClN3OS/c15-10-2-1-3-11(8-10)17-13(19)5-4-12-9-16-14-18(12)6-7-20-14/h1-9H,(H,17,19)/b5-4+. The summed E-state index contributed by atoms with van der Waals surface area (Å²) in [5, 5.41) is 5.29. The Bertz CT molecular complexity index is 790. The van der Waals surface area contributed by atoms with Gasteiger partial charge in [-0.05, 0) is 24.3 Å². The number of benzene rings is 1. The summed E-state index contributed by atoms with van der Waals surface area (Å²) in [5.74, 6) is -0.211. The maximum absolute atomic E-state index is 11.8. The third-order valence-electron chi connectivity index (χ3n) is 2.67. The maximum atomic E-state index is 11.8. The van der Waals surface area contributed by atoms with E-state index in [2.05, 4.69) is 10.3 Å². The number of nitrogens with one attached hydrogen (secondary N) is 1. The van der Waals surface area contributed by atoms with E-state index in [0.717, 1.165) is 10.7 Å². The smallest absolute Gasteiger partial charge is 0.248 e. The predicted octanol–water partition coefficient (Wildman–Crippen LogP) is 3.70. The molecule has 4 nitrogen and oxygen atoms in total. The van der Waals surface area contributed by atoms with Crippen molar-refractivity contribution >= 4 is 45.6 Å². The number of anilines is 1. The van der Waals surface area contributed by atoms with Crippen LogP contribution in [0.4, 0.5) is 5.69 Å². The molecule has 2 aromatic heterocycles. The van der Waals surface area contributed by atoms with Gasteiger partial charge in [-0.15, -0.1) is 11.3 Å². The van der Waals surface area contributed by atoms with Gasteiger partial charge in [0.25, 0.3) is 0 Å². The number of rotatable bonds is 3. The van der Waals surface area contributed by atoms with E-state index in [-0.39, 0.29) is 5.91 Å². The normalized spacial score (nSPS) is 11.2. The van der Waals surface area contributed by atoms with Crippen LogP contribution >= 0.6 is 22.9 Å². The van der Waals surface area contributed by atoms with Crippen LogP contribution in [0.5, 0.6) is 0 Å². The molecule has 1 N–H and O–H groups in total. The first kappa shape index (κ1) is 12.9. The van der Waals surface area contributed by atoms with Crippen molar-refractivity contribution in [3.8, 4) is 0 Å². The summed E-state index contributed by atoms with van der Waals surface area (Å²) < 4.78 is 1.92. The second kappa shape index (κ2) is 5.48. The summed E-state index contributed by atoms with van der Waals surface area (Å²) in [6.45, 7) is 0. The topological polar surface area (TPSA) is 46.4 Å². The van der Waals surface area contributed by atoms with Crippen LogP contribution in [-0.4, -0.2) is 15.3 Å². The highest BCUT2D eigenvalue weighted by molar-refractivity contribution is 7.15. The van der Waals surface area contributed by atoms with E-state index in [1.165, 1.54) is 6.08 Å². The molecule has 0 spiro atoms. The predicted molar refractivity (Wildman–Crippen MR) is 82.2 cm³/mol. The highest BCUT2D eigenvalue weighted by Crippen LogP contribution is 2.16. The summed E-state index contributed by atoms with van der Waals surface area (Å²) in [6.07, 6.45) is 6.85. The van der Waals surface area contributed by atoms with E-state index in [1.807, 2.05) is 16.0 Å². The molecule has 0 aliphatic carbocycles. The molecule has 0 radical (unpaired) electrons. The second-order valence-electron chi connectivity index (χ2n) is 4.07. The van der Waals surface area contributed by atoms with Gasteiger partial charge in [0.1, 0.15) is 0 Å². The van der Waals surface area contributed by atoms with E-state index >= 15 is 0 Å². The van der Waals surface area contributed by atoms with Gasteiger partial charge in [0.05, 0.1) is 11.9 Å². The van der Waals surface area contributed by atoms with E-state index in [1.54, 1.807) is 47.9 Å². The van der Waals surface area contributed by atoms with Crippen molar-refractivity contribution in [1.82, 2.24) is 9.38 Å². The first-order chi connectivity index (χ1) is 9.72. The van der Waals surface area contributed by atoms with Crippen LogP contribution < -0.4 is 5.32 Å². The van der Waals surface area contributed by atoms with Gasteiger partial charge >= 0.3 is 0 Å². The van der Waals surface area contributed by atoms with Gasteiger partial charge in [0.2, 0.25) is 5.91 Å². The van der Waals surface area contributed by atoms with Gasteiger partial charge in [-0.1, -0.05) is 17.7 Å². The summed E-state index contributed by atoms with van der Waals surface area (Å²) in [6, 6.07) is 7.02. The number of fused-ring (bicyclic) bond motifs is 1. The van der Waals surface area contributed by atoms with Crippen molar-refractivity contribution in [2.75, 3.05) is 5.32 Å². The SMILES string of the molecule is O=C(/C=C/c1cnc2sccn12)Nc1cccc(Cl)c1. The number of carbonyl (C=O) groups is 1. The minimum atomic E-state index is -0.211. The lowest BCUT2D eigenvalue weighted by atomic mass is 10.3. The van der Waals surface area contributed by atoms with Crippen LogP contribution in [0.25, 0.3) is 11.0 Å². The zero-order valence-corrected chi connectivity index (χ0v) is 11.9. The first-order valence-electron chi connectivity index (χ1n) is 5.87. The molecule has 0 atom stereocenters. The highest BCUT2D eigenvalue weighted by atomic mass is 35.5. The van der Waals surface area contributed by atoms with Crippen LogP contribution in [0, 0.1) is 0 Å². The Morgan fingerprint density at radius 2 is 2.35 bits per heavy atom. The Morgan fingerprint density at radius 1 is 1.45 bits per heavy atom. The van der Waals surface area contributed by atoms with Crippen LogP contribution in [-0.2, 0) is 4.79 Å². The largest absolute Gasteiger partial charge is 0.322 e. The lowest BCUT2D eigenvalue weighted by Crippen LogP contribution is -2.07. The molecular weight excluding hydrogens is 294 g/mol. The molecule has 0 unspecified atom stereocenters. The van der Waals surface area contributed by atoms with Crippen molar-refractivity contribution in [3.63, 3.8) is 0 Å². The van der Waals surface area contributed by atoms with Crippen LogP contribution in [0.15, 0.2) is 48.1 Å². The molecule has 0 bridgehead atoms. The Balaban J connectivity index is 1.73. The van der Waals surface area contributed by atoms with Crippen molar-refractivity contribution in [2.45, 2.75) is 0 Å². The molecule has 1 amide bonds. The third-order valence-corrected chi connectivity index (χ3v) is 3.68. The number of aromatic nitrogens is 2. The van der Waals surface area contributed by atoms with Crippen molar-refractivity contribution in [1.29, 1.82) is 0 Å². The first-order valence-corrected chi connectivity index (χ1v) is 7.13. The molecule has 1 aromatic carbocycles. The lowest BCUT2D eigenvalue weighted by molar-refractivity contribution is -0.111. The van der Waals surface area contributed by atoms with Gasteiger partial charge in [0.15, 0.2) is 4.96 Å². The van der Waals surface area contributed by atoms with E-state index in [0.29, 0.717) is 10.7 Å². The fourth-order valence-corrected chi connectivity index (χ4v) is 2.67. The quantitative estimate of drug-likeness (QED) is 0.750. The molecular formula is C14H10ClN3OS. The highest BCUT2D eigenvalue weighted by Gasteiger charge is 2.02. The number of hydrogen-bond acceptors (Lipinski definition) is 3. The van der Waals surface area contributed by atoms with Crippen molar-refractivity contribution in [3.05, 3.63) is 58.8 Å². The molecule has 20 heavy (non-hydrogen) atoms. The number of hydrogen-bond donors (Lipinski definition) is 1. The Kier molecular flexibility index (Phi) is 3.54. The van der Waals surface area contributed by atoms with Crippen molar-refractivity contribution in [2.24, 2.45) is 0 Å². The molecule has 3 aromatic rings. The Labute approximate surface area is 124 Å². The number of nitrogens with zero attached hydrogens (tertiary/aromatic N) is 2. The summed E-state index contributed by atoms with van der Waals surface area (Å²) in [5.41, 5.74) is 1.53. The molecule has 6 heteroatoms. The molecule has 2 heterocycles. The number of carbonyl (C=O) groups excluding carboxylic acids is 1. The Morgan fingerprint density at radius 3 is 3.20 bits per heavy atom. The fourth-order valence-electron chi connectivity index (χ4n) is 1.78. The minimum absolute atomic E-state index is 0.211. The molecule has 3 rings (SSSR count). The number of halogens is 1. The summed E-state index contributed by atoms with van der Waals surface area (Å²) >= 11 is 7.41. The van der Waals surface area contributed by atoms with Crippen LogP contribution in [0.2, 0.25) is 5.02 Å². The average Bonchev–Trinajstić information content (AvgIpc) is 2.99. The minimum Gasteiger partial charge on any atom is -0.322 e. The van der Waals surface area contributed by atoms with Gasteiger partial charge in [0, 0.05) is 28.4 Å². The Hall–Kier alpha value is -2.11. The van der Waals surface area contributed by atoms with Gasteiger partial charge in [-0.25, -0.2) is 4.98 Å². The lowest BCUT2D eigenvalue weighted by Gasteiger charge is -2.01. The monoisotopic (exact) mass is 303 g/mol. The van der Waals surface area contributed by atoms with E-state index < -0.39 is 0 Å². The average molecular weight is 304 g/mol. The maximum Gasteiger partial charge on any atom is 0.248 e. The molecule has 0 saturated carbocycles. The summed E-state index contributed by atoms with van der Waals surface area (Å²) in [7, 11) is 0. The van der Waals surface area contributed by atoms with E-state index in [4.69, 9.17) is 11.6 Å². The van der Waals surface area contributed by atoms with Gasteiger partial charge in [-0.3, -0.25) is 9.20 Å². The molecule has 100 valence electrons. The van der Waals surface area contributed by atoms with Gasteiger partial charge in [-0.2, -0.15) is 0 Å². The van der Waals surface area contributed by atoms with Crippen LogP contribution in [0.1, 0.15) is 5.69 Å². The second-order valence-corrected chi connectivity index (χ2v) is 5.38. The molecule has 0 fully saturated rings.